The van der Waals surface area contributed by atoms with E-state index in [4.69, 9.17) is 0 Å². The SMILES string of the molecule is CSCC(C)CNc1nc2ccccn2c1C(=O)O. The molecular formula is C13H17N3O2S. The van der Waals surface area contributed by atoms with Gasteiger partial charge in [0.15, 0.2) is 11.5 Å². The van der Waals surface area contributed by atoms with Crippen LogP contribution >= 0.6 is 11.8 Å². The number of hydrogen-bond donors (Lipinski definition) is 2. The molecule has 5 nitrogen and oxygen atoms in total. The number of aromatic carboxylic acids is 1. The van der Waals surface area contributed by atoms with Crippen LogP contribution in [-0.2, 0) is 0 Å². The Labute approximate surface area is 116 Å². The fraction of sp³-hybridized carbons (Fsp3) is 0.385. The van der Waals surface area contributed by atoms with E-state index in [1.54, 1.807) is 34.5 Å². The summed E-state index contributed by atoms with van der Waals surface area (Å²) in [6, 6.07) is 5.43. The number of thioether (sulfide) groups is 1. The molecule has 2 N–H and O–H groups in total. The summed E-state index contributed by atoms with van der Waals surface area (Å²) in [7, 11) is 0. The fourth-order valence-corrected chi connectivity index (χ4v) is 2.62. The van der Waals surface area contributed by atoms with Crippen molar-refractivity contribution in [2.24, 2.45) is 5.92 Å². The maximum Gasteiger partial charge on any atom is 0.356 e. The molecule has 1 unspecified atom stereocenters. The smallest absolute Gasteiger partial charge is 0.356 e. The Bertz CT molecular complexity index is 582. The van der Waals surface area contributed by atoms with Crippen LogP contribution in [0.3, 0.4) is 0 Å². The van der Waals surface area contributed by atoms with Crippen LogP contribution in [0.5, 0.6) is 0 Å². The third-order valence-electron chi connectivity index (χ3n) is 2.80. The van der Waals surface area contributed by atoms with Gasteiger partial charge in [-0.2, -0.15) is 11.8 Å². The van der Waals surface area contributed by atoms with Crippen LogP contribution in [0.25, 0.3) is 5.65 Å². The lowest BCUT2D eigenvalue weighted by Gasteiger charge is -2.10. The van der Waals surface area contributed by atoms with Crippen molar-refractivity contribution in [2.45, 2.75) is 6.92 Å². The Kier molecular flexibility index (Phi) is 4.31. The van der Waals surface area contributed by atoms with Gasteiger partial charge in [0.05, 0.1) is 0 Å². The molecule has 102 valence electrons. The monoisotopic (exact) mass is 279 g/mol. The molecule has 2 rings (SSSR count). The van der Waals surface area contributed by atoms with Gasteiger partial charge in [0.25, 0.3) is 0 Å². The maximum absolute atomic E-state index is 11.4. The fourth-order valence-electron chi connectivity index (χ4n) is 1.94. The number of carbonyl (C=O) groups is 1. The lowest BCUT2D eigenvalue weighted by molar-refractivity contribution is 0.0690. The number of pyridine rings is 1. The van der Waals surface area contributed by atoms with Crippen molar-refractivity contribution in [3.8, 4) is 0 Å². The number of hydrogen-bond acceptors (Lipinski definition) is 4. The van der Waals surface area contributed by atoms with Gasteiger partial charge in [-0.15, -0.1) is 0 Å². The zero-order valence-corrected chi connectivity index (χ0v) is 11.8. The molecule has 2 aromatic heterocycles. The first kappa shape index (κ1) is 13.7. The molecule has 0 aliphatic carbocycles. The van der Waals surface area contributed by atoms with Crippen molar-refractivity contribution in [1.82, 2.24) is 9.38 Å². The van der Waals surface area contributed by atoms with Gasteiger partial charge < -0.3 is 10.4 Å². The van der Waals surface area contributed by atoms with Crippen LogP contribution in [0.1, 0.15) is 17.4 Å². The number of nitrogens with zero attached hydrogens (tertiary/aromatic N) is 2. The van der Waals surface area contributed by atoms with E-state index >= 15 is 0 Å². The third kappa shape index (κ3) is 3.01. The van der Waals surface area contributed by atoms with Gasteiger partial charge in [-0.25, -0.2) is 9.78 Å². The molecule has 1 atom stereocenters. The first-order chi connectivity index (χ1) is 9.13. The zero-order chi connectivity index (χ0) is 13.8. The van der Waals surface area contributed by atoms with E-state index in [0.29, 0.717) is 23.9 Å². The zero-order valence-electron chi connectivity index (χ0n) is 11.0. The third-order valence-corrected chi connectivity index (χ3v) is 3.70. The summed E-state index contributed by atoms with van der Waals surface area (Å²) in [6.45, 7) is 2.84. The first-order valence-corrected chi connectivity index (χ1v) is 7.46. The number of fused-ring (bicyclic) bond motifs is 1. The second kappa shape index (κ2) is 5.97. The second-order valence-corrected chi connectivity index (χ2v) is 5.40. The minimum Gasteiger partial charge on any atom is -0.476 e. The van der Waals surface area contributed by atoms with E-state index in [1.165, 1.54) is 0 Å². The maximum atomic E-state index is 11.4. The highest BCUT2D eigenvalue weighted by Crippen LogP contribution is 2.18. The van der Waals surface area contributed by atoms with E-state index < -0.39 is 5.97 Å². The van der Waals surface area contributed by atoms with Crippen molar-refractivity contribution in [3.63, 3.8) is 0 Å². The topological polar surface area (TPSA) is 66.6 Å². The molecule has 6 heteroatoms. The van der Waals surface area contributed by atoms with Crippen LogP contribution in [0.2, 0.25) is 0 Å². The summed E-state index contributed by atoms with van der Waals surface area (Å²) in [5.74, 6) is 0.954. The van der Waals surface area contributed by atoms with E-state index in [2.05, 4.69) is 23.5 Å². The Morgan fingerprint density at radius 3 is 3.05 bits per heavy atom. The molecule has 0 aliphatic rings. The summed E-state index contributed by atoms with van der Waals surface area (Å²) in [5.41, 5.74) is 0.826. The van der Waals surface area contributed by atoms with Gasteiger partial charge in [0, 0.05) is 12.7 Å². The summed E-state index contributed by atoms with van der Waals surface area (Å²) < 4.78 is 1.59. The molecule has 0 bridgehead atoms. The Balaban J connectivity index is 2.27. The Morgan fingerprint density at radius 2 is 2.37 bits per heavy atom. The van der Waals surface area contributed by atoms with Gasteiger partial charge in [0.1, 0.15) is 5.65 Å². The van der Waals surface area contributed by atoms with Crippen LogP contribution in [0.15, 0.2) is 24.4 Å². The molecule has 2 heterocycles. The minimum atomic E-state index is -0.973. The summed E-state index contributed by atoms with van der Waals surface area (Å²) in [6.07, 6.45) is 3.77. The van der Waals surface area contributed by atoms with Gasteiger partial charge in [-0.05, 0) is 30.1 Å². The first-order valence-electron chi connectivity index (χ1n) is 6.06. The van der Waals surface area contributed by atoms with Crippen LogP contribution in [0, 0.1) is 5.92 Å². The van der Waals surface area contributed by atoms with Crippen LogP contribution in [0.4, 0.5) is 5.82 Å². The summed E-state index contributed by atoms with van der Waals surface area (Å²) >= 11 is 1.78. The number of anilines is 1. The lowest BCUT2D eigenvalue weighted by Crippen LogP contribution is -2.15. The van der Waals surface area contributed by atoms with Gasteiger partial charge >= 0.3 is 5.97 Å². The number of imidazole rings is 1. The highest BCUT2D eigenvalue weighted by atomic mass is 32.2. The van der Waals surface area contributed by atoms with E-state index in [0.717, 1.165) is 5.75 Å². The number of carboxylic acid groups (broad SMARTS) is 1. The van der Waals surface area contributed by atoms with Crippen molar-refractivity contribution in [1.29, 1.82) is 0 Å². The van der Waals surface area contributed by atoms with Crippen molar-refractivity contribution >= 4 is 29.2 Å². The van der Waals surface area contributed by atoms with E-state index in [-0.39, 0.29) is 5.69 Å². The normalized spacial score (nSPS) is 12.5. The van der Waals surface area contributed by atoms with Crippen LogP contribution in [-0.4, -0.2) is 39.0 Å². The Hall–Kier alpha value is -1.69. The predicted octanol–water partition coefficient (Wildman–Crippen LogP) is 2.44. The van der Waals surface area contributed by atoms with Gasteiger partial charge in [-0.3, -0.25) is 4.40 Å². The van der Waals surface area contributed by atoms with Crippen molar-refractivity contribution in [3.05, 3.63) is 30.1 Å². The largest absolute Gasteiger partial charge is 0.476 e. The highest BCUT2D eigenvalue weighted by Gasteiger charge is 2.18. The molecule has 0 saturated carbocycles. The quantitative estimate of drug-likeness (QED) is 0.850. The molecule has 0 saturated heterocycles. The van der Waals surface area contributed by atoms with Gasteiger partial charge in [-0.1, -0.05) is 13.0 Å². The molecule has 19 heavy (non-hydrogen) atoms. The molecule has 0 aliphatic heterocycles. The number of rotatable bonds is 6. The summed E-state index contributed by atoms with van der Waals surface area (Å²) in [5, 5.41) is 12.5. The van der Waals surface area contributed by atoms with Crippen molar-refractivity contribution in [2.75, 3.05) is 23.9 Å². The molecule has 0 aromatic carbocycles. The second-order valence-electron chi connectivity index (χ2n) is 4.48. The predicted molar refractivity (Wildman–Crippen MR) is 78.2 cm³/mol. The minimum absolute atomic E-state index is 0.187. The van der Waals surface area contributed by atoms with Crippen molar-refractivity contribution < 1.29 is 9.90 Å². The number of nitrogens with one attached hydrogen (secondary N) is 1. The highest BCUT2D eigenvalue weighted by molar-refractivity contribution is 7.98. The van der Waals surface area contributed by atoms with E-state index in [9.17, 15) is 9.90 Å². The molecule has 0 amide bonds. The van der Waals surface area contributed by atoms with E-state index in [1.807, 2.05) is 6.07 Å². The molecule has 2 aromatic rings. The van der Waals surface area contributed by atoms with Crippen LogP contribution < -0.4 is 5.32 Å². The average Bonchev–Trinajstić information content (AvgIpc) is 2.75. The molecule has 0 radical (unpaired) electrons. The Morgan fingerprint density at radius 1 is 1.58 bits per heavy atom. The van der Waals surface area contributed by atoms with Gasteiger partial charge in [0.2, 0.25) is 0 Å². The average molecular weight is 279 g/mol. The lowest BCUT2D eigenvalue weighted by atomic mass is 10.2. The molecular weight excluding hydrogens is 262 g/mol. The number of aromatic nitrogens is 2. The molecule has 0 spiro atoms. The standard InChI is InChI=1S/C13H17N3O2S/c1-9(8-19-2)7-14-12-11(13(17)18)16-6-4-3-5-10(16)15-12/h3-6,9,14H,7-8H2,1-2H3,(H,17,18). The summed E-state index contributed by atoms with van der Waals surface area (Å²) in [4.78, 5) is 15.7. The number of carboxylic acids is 1. The molecule has 0 fully saturated rings.